The van der Waals surface area contributed by atoms with Gasteiger partial charge in [-0.15, -0.1) is 0 Å². The molecule has 0 aliphatic heterocycles. The molecule has 3 heteroatoms. The number of hydrogen-bond acceptors (Lipinski definition) is 1. The number of hydrogen-bond donors (Lipinski definition) is 0. The summed E-state index contributed by atoms with van der Waals surface area (Å²) in [5.41, 5.74) is 0. The van der Waals surface area contributed by atoms with Crippen molar-refractivity contribution in [2.24, 2.45) is 0 Å². The monoisotopic (exact) mass is 239 g/mol. The quantitative estimate of drug-likeness (QED) is 0.669. The first kappa shape index (κ1) is 8.98. The Labute approximate surface area is 58.6 Å². The van der Waals surface area contributed by atoms with Gasteiger partial charge in [0.05, 0.1) is 0 Å². The SMILES string of the molecule is C[Si-](C)[O][Sn]([CH3])([CH3])[CH3]. The van der Waals surface area contributed by atoms with E-state index in [2.05, 4.69) is 27.9 Å². The maximum atomic E-state index is 5.75. The van der Waals surface area contributed by atoms with Gasteiger partial charge in [0.25, 0.3) is 0 Å². The molecule has 50 valence electrons. The van der Waals surface area contributed by atoms with Crippen LogP contribution in [0.3, 0.4) is 0 Å². The third kappa shape index (κ3) is 6.98. The summed E-state index contributed by atoms with van der Waals surface area (Å²) < 4.78 is 5.75. The van der Waals surface area contributed by atoms with Crippen molar-refractivity contribution < 1.29 is 2.76 Å². The van der Waals surface area contributed by atoms with Crippen LogP contribution in [0.5, 0.6) is 0 Å². The summed E-state index contributed by atoms with van der Waals surface area (Å²) in [6.45, 7) is 4.40. The second kappa shape index (κ2) is 3.22. The molecule has 0 aliphatic carbocycles. The molecule has 0 saturated carbocycles. The zero-order valence-corrected chi connectivity index (χ0v) is 10.3. The van der Waals surface area contributed by atoms with E-state index in [-0.39, 0.29) is 0 Å². The second-order valence-electron chi connectivity index (χ2n) is 3.12. The van der Waals surface area contributed by atoms with Crippen molar-refractivity contribution >= 4 is 27.8 Å². The standard InChI is InChI=1S/C2H6OSi.3CH3.Sn/c1-4(2)3;;;;/h1-2H3;3*1H3;/q-2;;;;+1. The molecule has 0 unspecified atom stereocenters. The summed E-state index contributed by atoms with van der Waals surface area (Å²) in [6, 6.07) is 0. The van der Waals surface area contributed by atoms with Crippen LogP contribution in [0.25, 0.3) is 0 Å². The molecule has 0 radical (unpaired) electrons. The van der Waals surface area contributed by atoms with Gasteiger partial charge in [0.15, 0.2) is 0 Å². The van der Waals surface area contributed by atoms with Gasteiger partial charge in [0, 0.05) is 0 Å². The van der Waals surface area contributed by atoms with Gasteiger partial charge in [-0.05, 0) is 0 Å². The molecule has 0 bridgehead atoms. The van der Waals surface area contributed by atoms with E-state index >= 15 is 0 Å². The third-order valence-corrected chi connectivity index (χ3v) is 10.3. The van der Waals surface area contributed by atoms with Crippen LogP contribution in [-0.4, -0.2) is 27.8 Å². The average Bonchev–Trinajstić information content (AvgIpc) is 1.21. The van der Waals surface area contributed by atoms with E-state index in [9.17, 15) is 0 Å². The Bertz CT molecular complexity index is 67.3. The van der Waals surface area contributed by atoms with Crippen molar-refractivity contribution in [3.05, 3.63) is 0 Å². The van der Waals surface area contributed by atoms with E-state index in [1.54, 1.807) is 0 Å². The van der Waals surface area contributed by atoms with E-state index < -0.39 is 27.8 Å². The van der Waals surface area contributed by atoms with Gasteiger partial charge in [-0.2, -0.15) is 0 Å². The molecule has 0 aromatic carbocycles. The van der Waals surface area contributed by atoms with Crippen molar-refractivity contribution in [1.29, 1.82) is 0 Å². The van der Waals surface area contributed by atoms with E-state index in [0.717, 1.165) is 0 Å². The molecule has 1 nitrogen and oxygen atoms in total. The second-order valence-corrected chi connectivity index (χ2v) is 18.9. The zero-order chi connectivity index (χ0) is 6.78. The minimum absolute atomic E-state index is 0.399. The molecule has 0 fully saturated rings. The first-order valence-corrected chi connectivity index (χ1v) is 15.0. The van der Waals surface area contributed by atoms with Crippen LogP contribution in [0.1, 0.15) is 0 Å². The predicted octanol–water partition coefficient (Wildman–Crippen LogP) is 2.09. The summed E-state index contributed by atoms with van der Waals surface area (Å²) in [6.07, 6.45) is 0. The van der Waals surface area contributed by atoms with Crippen molar-refractivity contribution in [2.45, 2.75) is 27.9 Å². The topological polar surface area (TPSA) is 9.23 Å². The van der Waals surface area contributed by atoms with Gasteiger partial charge < -0.3 is 0 Å². The molecule has 0 saturated heterocycles. The van der Waals surface area contributed by atoms with Crippen LogP contribution in [0, 0.1) is 0 Å². The van der Waals surface area contributed by atoms with E-state index in [1.165, 1.54) is 0 Å². The molecule has 0 amide bonds. The van der Waals surface area contributed by atoms with Gasteiger partial charge in [-0.1, -0.05) is 0 Å². The van der Waals surface area contributed by atoms with Crippen LogP contribution in [0.2, 0.25) is 27.9 Å². The predicted molar refractivity (Wildman–Crippen MR) is 41.9 cm³/mol. The molecule has 0 spiro atoms. The Morgan fingerprint density at radius 1 is 1.12 bits per heavy atom. The molecule has 0 heterocycles. The minimum atomic E-state index is -1.81. The van der Waals surface area contributed by atoms with E-state index in [1.807, 2.05) is 0 Å². The fourth-order valence-corrected chi connectivity index (χ4v) is 12.3. The molecule has 8 heavy (non-hydrogen) atoms. The van der Waals surface area contributed by atoms with Crippen LogP contribution >= 0.6 is 0 Å². The molecule has 0 aromatic rings. The summed E-state index contributed by atoms with van der Waals surface area (Å²) in [5, 5.41) is 0. The van der Waals surface area contributed by atoms with Crippen LogP contribution in [-0.2, 0) is 2.76 Å². The van der Waals surface area contributed by atoms with E-state index in [4.69, 9.17) is 2.76 Å². The molecular weight excluding hydrogens is 223 g/mol. The average molecular weight is 238 g/mol. The molecule has 0 aliphatic rings. The van der Waals surface area contributed by atoms with Crippen LogP contribution in [0.4, 0.5) is 0 Å². The summed E-state index contributed by atoms with van der Waals surface area (Å²) in [5.74, 6) is 0. The van der Waals surface area contributed by atoms with Gasteiger partial charge in [0.1, 0.15) is 0 Å². The number of rotatable bonds is 2. The fourth-order valence-electron chi connectivity index (χ4n) is 0.612. The van der Waals surface area contributed by atoms with Gasteiger partial charge in [-0.3, -0.25) is 0 Å². The Kier molecular flexibility index (Phi) is 3.61. The van der Waals surface area contributed by atoms with Crippen molar-refractivity contribution in [2.75, 3.05) is 0 Å². The summed E-state index contributed by atoms with van der Waals surface area (Å²) >= 11 is -1.81. The normalized spacial score (nSPS) is 12.8. The molecule has 0 N–H and O–H groups in total. The Morgan fingerprint density at radius 2 is 1.50 bits per heavy atom. The van der Waals surface area contributed by atoms with Gasteiger partial charge >= 0.3 is 58.5 Å². The third-order valence-electron chi connectivity index (χ3n) is 0.510. The van der Waals surface area contributed by atoms with Gasteiger partial charge in [0.2, 0.25) is 0 Å². The first-order chi connectivity index (χ1) is 3.42. The summed E-state index contributed by atoms with van der Waals surface area (Å²) in [4.78, 5) is 6.89. The Balaban J connectivity index is 3.39. The summed E-state index contributed by atoms with van der Waals surface area (Å²) in [7, 11) is -0.399. The van der Waals surface area contributed by atoms with Gasteiger partial charge in [-0.25, -0.2) is 0 Å². The van der Waals surface area contributed by atoms with Crippen molar-refractivity contribution in [3.8, 4) is 0 Å². The van der Waals surface area contributed by atoms with E-state index in [0.29, 0.717) is 0 Å². The molecule has 0 atom stereocenters. The Morgan fingerprint density at radius 3 is 1.50 bits per heavy atom. The zero-order valence-electron chi connectivity index (χ0n) is 6.41. The van der Waals surface area contributed by atoms with Crippen LogP contribution in [0.15, 0.2) is 0 Å². The van der Waals surface area contributed by atoms with Crippen molar-refractivity contribution in [3.63, 3.8) is 0 Å². The molecular formula is C5H15OSiSn-. The van der Waals surface area contributed by atoms with Crippen molar-refractivity contribution in [1.82, 2.24) is 0 Å². The molecule has 0 aromatic heterocycles. The first-order valence-electron chi connectivity index (χ1n) is 2.91. The Hall–Kier alpha value is 0.976. The molecule has 0 rings (SSSR count). The van der Waals surface area contributed by atoms with Crippen LogP contribution < -0.4 is 0 Å². The fraction of sp³-hybridized carbons (Fsp3) is 1.00. The maximum absolute atomic E-state index is 5.75.